The summed E-state index contributed by atoms with van der Waals surface area (Å²) in [6.07, 6.45) is 0.790. The summed E-state index contributed by atoms with van der Waals surface area (Å²) in [7, 11) is 0. The van der Waals surface area contributed by atoms with Gasteiger partial charge in [-0.15, -0.1) is 0 Å². The quantitative estimate of drug-likeness (QED) is 0.329. The van der Waals surface area contributed by atoms with Crippen molar-refractivity contribution in [1.82, 2.24) is 0 Å². The highest BCUT2D eigenvalue weighted by atomic mass is 16.5. The van der Waals surface area contributed by atoms with Crippen molar-refractivity contribution in [2.24, 2.45) is 0 Å². The molecule has 0 aromatic heterocycles. The SMILES string of the molecule is CC(=O)Oc1ccc(C)cc1Cc1cc(C)cc(Cc2cc(C)ccc2OC(C)=O)c1OC(C)=O. The molecule has 6 heteroatoms. The molecule has 0 aliphatic carbocycles. The predicted molar refractivity (Wildman–Crippen MR) is 133 cm³/mol. The van der Waals surface area contributed by atoms with Gasteiger partial charge in [-0.05, 0) is 55.2 Å². The highest BCUT2D eigenvalue weighted by molar-refractivity contribution is 5.72. The van der Waals surface area contributed by atoms with Crippen molar-refractivity contribution >= 4 is 17.9 Å². The molecule has 182 valence electrons. The van der Waals surface area contributed by atoms with Gasteiger partial charge in [-0.1, -0.05) is 53.1 Å². The van der Waals surface area contributed by atoms with Crippen LogP contribution in [-0.2, 0) is 27.2 Å². The van der Waals surface area contributed by atoms with Crippen molar-refractivity contribution in [2.45, 2.75) is 54.4 Å². The third-order valence-electron chi connectivity index (χ3n) is 5.33. The van der Waals surface area contributed by atoms with Gasteiger partial charge in [-0.2, -0.15) is 0 Å². The largest absolute Gasteiger partial charge is 0.426 e. The molecule has 0 spiro atoms. The van der Waals surface area contributed by atoms with Gasteiger partial charge in [0.05, 0.1) is 0 Å². The van der Waals surface area contributed by atoms with Crippen LogP contribution >= 0.6 is 0 Å². The Morgan fingerprint density at radius 2 is 0.914 bits per heavy atom. The van der Waals surface area contributed by atoms with Gasteiger partial charge in [-0.25, -0.2) is 0 Å². The zero-order valence-electron chi connectivity index (χ0n) is 21.0. The number of hydrogen-bond donors (Lipinski definition) is 0. The average Bonchev–Trinajstić information content (AvgIpc) is 2.73. The smallest absolute Gasteiger partial charge is 0.308 e. The van der Waals surface area contributed by atoms with E-state index in [1.54, 1.807) is 12.1 Å². The van der Waals surface area contributed by atoms with Gasteiger partial charge in [-0.3, -0.25) is 14.4 Å². The molecule has 0 unspecified atom stereocenters. The number of esters is 3. The molecule has 0 radical (unpaired) electrons. The Kier molecular flexibility index (Phi) is 8.07. The fraction of sp³-hybridized carbons (Fsp3) is 0.276. The van der Waals surface area contributed by atoms with Crippen molar-refractivity contribution in [3.63, 3.8) is 0 Å². The normalized spacial score (nSPS) is 10.6. The number of ether oxygens (including phenoxy) is 3. The maximum Gasteiger partial charge on any atom is 0.308 e. The summed E-state index contributed by atoms with van der Waals surface area (Å²) in [4.78, 5) is 35.3. The van der Waals surface area contributed by atoms with E-state index in [1.807, 2.05) is 57.2 Å². The molecular formula is C29H30O6. The van der Waals surface area contributed by atoms with Gasteiger partial charge in [0, 0.05) is 33.6 Å². The first-order valence-electron chi connectivity index (χ1n) is 11.4. The van der Waals surface area contributed by atoms with Crippen LogP contribution in [0.15, 0.2) is 48.5 Å². The van der Waals surface area contributed by atoms with Crippen LogP contribution in [0.4, 0.5) is 0 Å². The van der Waals surface area contributed by atoms with Gasteiger partial charge in [0.15, 0.2) is 0 Å². The Morgan fingerprint density at radius 3 is 1.29 bits per heavy atom. The third-order valence-corrected chi connectivity index (χ3v) is 5.33. The fourth-order valence-corrected chi connectivity index (χ4v) is 4.08. The Balaban J connectivity index is 2.12. The summed E-state index contributed by atoms with van der Waals surface area (Å²) in [5.41, 5.74) is 6.20. The zero-order chi connectivity index (χ0) is 25.7. The molecule has 3 aromatic carbocycles. The van der Waals surface area contributed by atoms with E-state index in [0.717, 1.165) is 38.9 Å². The van der Waals surface area contributed by atoms with E-state index in [0.29, 0.717) is 30.1 Å². The molecule has 0 atom stereocenters. The molecule has 6 nitrogen and oxygen atoms in total. The molecule has 0 saturated carbocycles. The standard InChI is InChI=1S/C29H30O6/c1-17-7-9-27(33-20(4)30)23(11-17)15-25-13-19(3)14-26(29(25)35-22(6)32)16-24-12-18(2)8-10-28(24)34-21(5)31/h7-14H,15-16H2,1-6H3. The Bertz CT molecular complexity index is 1200. The van der Waals surface area contributed by atoms with Gasteiger partial charge in [0.2, 0.25) is 0 Å². The average molecular weight is 475 g/mol. The summed E-state index contributed by atoms with van der Waals surface area (Å²) >= 11 is 0. The molecule has 0 fully saturated rings. The minimum Gasteiger partial charge on any atom is -0.426 e. The number of carbonyl (C=O) groups is 3. The van der Waals surface area contributed by atoms with Crippen molar-refractivity contribution < 1.29 is 28.6 Å². The maximum atomic E-state index is 12.1. The zero-order valence-corrected chi connectivity index (χ0v) is 21.0. The highest BCUT2D eigenvalue weighted by Gasteiger charge is 2.19. The molecular weight excluding hydrogens is 444 g/mol. The number of carbonyl (C=O) groups excluding carboxylic acids is 3. The molecule has 0 amide bonds. The minimum absolute atomic E-state index is 0.395. The van der Waals surface area contributed by atoms with E-state index in [4.69, 9.17) is 14.2 Å². The fourth-order valence-electron chi connectivity index (χ4n) is 4.08. The molecule has 3 aromatic rings. The number of hydrogen-bond acceptors (Lipinski definition) is 6. The van der Waals surface area contributed by atoms with Crippen LogP contribution in [0.5, 0.6) is 17.2 Å². The Morgan fingerprint density at radius 1 is 0.543 bits per heavy atom. The van der Waals surface area contributed by atoms with E-state index in [9.17, 15) is 14.4 Å². The molecule has 35 heavy (non-hydrogen) atoms. The first-order chi connectivity index (χ1) is 16.5. The lowest BCUT2D eigenvalue weighted by molar-refractivity contribution is -0.132. The Hall–Kier alpha value is -3.93. The van der Waals surface area contributed by atoms with Crippen LogP contribution in [0.2, 0.25) is 0 Å². The van der Waals surface area contributed by atoms with Crippen molar-refractivity contribution in [1.29, 1.82) is 0 Å². The van der Waals surface area contributed by atoms with Crippen molar-refractivity contribution in [3.05, 3.63) is 87.5 Å². The van der Waals surface area contributed by atoms with E-state index in [2.05, 4.69) is 0 Å². The Labute approximate surface area is 205 Å². The maximum absolute atomic E-state index is 12.1. The van der Waals surface area contributed by atoms with E-state index in [-0.39, 0.29) is 0 Å². The first-order valence-corrected chi connectivity index (χ1v) is 11.4. The molecule has 0 bridgehead atoms. The molecule has 3 rings (SSSR count). The van der Waals surface area contributed by atoms with E-state index in [1.165, 1.54) is 20.8 Å². The third kappa shape index (κ3) is 7.03. The van der Waals surface area contributed by atoms with Gasteiger partial charge in [0.25, 0.3) is 0 Å². The van der Waals surface area contributed by atoms with Crippen LogP contribution in [-0.4, -0.2) is 17.9 Å². The van der Waals surface area contributed by atoms with Crippen molar-refractivity contribution in [2.75, 3.05) is 0 Å². The van der Waals surface area contributed by atoms with Crippen LogP contribution < -0.4 is 14.2 Å². The second-order valence-corrected chi connectivity index (χ2v) is 8.77. The van der Waals surface area contributed by atoms with Crippen LogP contribution in [0, 0.1) is 20.8 Å². The van der Waals surface area contributed by atoms with Crippen LogP contribution in [0.25, 0.3) is 0 Å². The number of rotatable bonds is 7. The second kappa shape index (κ2) is 11.0. The molecule has 0 aliphatic heterocycles. The summed E-state index contributed by atoms with van der Waals surface area (Å²) in [5, 5.41) is 0. The lowest BCUT2D eigenvalue weighted by atomic mass is 9.93. The number of aryl methyl sites for hydroxylation is 3. The molecule has 0 heterocycles. The van der Waals surface area contributed by atoms with Gasteiger partial charge < -0.3 is 14.2 Å². The topological polar surface area (TPSA) is 78.9 Å². The first kappa shape index (κ1) is 25.7. The predicted octanol–water partition coefficient (Wildman–Crippen LogP) is 5.57. The van der Waals surface area contributed by atoms with E-state index < -0.39 is 17.9 Å². The lowest BCUT2D eigenvalue weighted by Crippen LogP contribution is -2.10. The molecule has 0 aliphatic rings. The summed E-state index contributed by atoms with van der Waals surface area (Å²) in [6, 6.07) is 15.1. The minimum atomic E-state index is -0.440. The molecule has 0 N–H and O–H groups in total. The highest BCUT2D eigenvalue weighted by Crippen LogP contribution is 2.34. The van der Waals surface area contributed by atoms with Gasteiger partial charge in [0.1, 0.15) is 17.2 Å². The summed E-state index contributed by atoms with van der Waals surface area (Å²) < 4.78 is 16.6. The molecule has 0 saturated heterocycles. The van der Waals surface area contributed by atoms with E-state index >= 15 is 0 Å². The summed E-state index contributed by atoms with van der Waals surface area (Å²) in [5.74, 6) is 0.140. The lowest BCUT2D eigenvalue weighted by Gasteiger charge is -2.18. The van der Waals surface area contributed by atoms with Crippen LogP contribution in [0.1, 0.15) is 59.7 Å². The van der Waals surface area contributed by atoms with Crippen LogP contribution in [0.3, 0.4) is 0 Å². The number of benzene rings is 3. The van der Waals surface area contributed by atoms with Gasteiger partial charge >= 0.3 is 17.9 Å². The summed E-state index contributed by atoms with van der Waals surface area (Å²) in [6.45, 7) is 9.98. The van der Waals surface area contributed by atoms with Crippen molar-refractivity contribution in [3.8, 4) is 17.2 Å². The monoisotopic (exact) mass is 474 g/mol. The second-order valence-electron chi connectivity index (χ2n) is 8.77.